The van der Waals surface area contributed by atoms with Gasteiger partial charge >= 0.3 is 5.97 Å². The first-order valence-corrected chi connectivity index (χ1v) is 6.28. The summed E-state index contributed by atoms with van der Waals surface area (Å²) in [6.07, 6.45) is 2.08. The largest absolute Gasteiger partial charge is 0.491 e. The second-order valence-corrected chi connectivity index (χ2v) is 4.80. The van der Waals surface area contributed by atoms with Crippen molar-refractivity contribution >= 4 is 23.3 Å². The van der Waals surface area contributed by atoms with Crippen molar-refractivity contribution in [3.63, 3.8) is 0 Å². The summed E-state index contributed by atoms with van der Waals surface area (Å²) < 4.78 is 5.53. The van der Waals surface area contributed by atoms with Crippen molar-refractivity contribution in [3.8, 4) is 5.75 Å². The van der Waals surface area contributed by atoms with Crippen molar-refractivity contribution in [2.24, 2.45) is 5.92 Å². The third-order valence-electron chi connectivity index (χ3n) is 2.59. The summed E-state index contributed by atoms with van der Waals surface area (Å²) in [6.45, 7) is 4.59. The normalized spacial score (nSPS) is 12.2. The van der Waals surface area contributed by atoms with Crippen LogP contribution in [-0.4, -0.2) is 17.7 Å². The standard InChI is InChI=1S/C13H18ClNO3/c1-3-4-8(2)7-18-12-10(13(16)17)5-9(15)6-11(12)14/h5-6,8H,3-4,7,15H2,1-2H3,(H,16,17). The minimum atomic E-state index is -1.10. The molecule has 1 atom stereocenters. The maximum Gasteiger partial charge on any atom is 0.339 e. The Morgan fingerprint density at radius 3 is 2.78 bits per heavy atom. The van der Waals surface area contributed by atoms with Gasteiger partial charge in [0.05, 0.1) is 11.6 Å². The van der Waals surface area contributed by atoms with Crippen molar-refractivity contribution in [3.05, 3.63) is 22.7 Å². The summed E-state index contributed by atoms with van der Waals surface area (Å²) in [5.41, 5.74) is 5.88. The number of halogens is 1. The van der Waals surface area contributed by atoms with Gasteiger partial charge in [-0.05, 0) is 24.5 Å². The van der Waals surface area contributed by atoms with Crippen molar-refractivity contribution in [1.29, 1.82) is 0 Å². The van der Waals surface area contributed by atoms with Gasteiger partial charge in [0.1, 0.15) is 5.56 Å². The number of carboxylic acid groups (broad SMARTS) is 1. The molecule has 0 amide bonds. The molecule has 4 nitrogen and oxygen atoms in total. The molecule has 1 unspecified atom stereocenters. The average Bonchev–Trinajstić information content (AvgIpc) is 2.27. The van der Waals surface area contributed by atoms with Crippen LogP contribution in [-0.2, 0) is 0 Å². The third-order valence-corrected chi connectivity index (χ3v) is 2.87. The van der Waals surface area contributed by atoms with Gasteiger partial charge in [-0.3, -0.25) is 0 Å². The number of hydrogen-bond acceptors (Lipinski definition) is 3. The van der Waals surface area contributed by atoms with Crippen LogP contribution in [0.4, 0.5) is 5.69 Å². The highest BCUT2D eigenvalue weighted by atomic mass is 35.5. The van der Waals surface area contributed by atoms with Gasteiger partial charge in [0.2, 0.25) is 0 Å². The van der Waals surface area contributed by atoms with Gasteiger partial charge in [-0.15, -0.1) is 0 Å². The van der Waals surface area contributed by atoms with Crippen LogP contribution < -0.4 is 10.5 Å². The monoisotopic (exact) mass is 271 g/mol. The van der Waals surface area contributed by atoms with E-state index in [-0.39, 0.29) is 16.3 Å². The number of carboxylic acids is 1. The fourth-order valence-corrected chi connectivity index (χ4v) is 2.00. The van der Waals surface area contributed by atoms with E-state index in [4.69, 9.17) is 27.2 Å². The second kappa shape index (κ2) is 6.50. The zero-order chi connectivity index (χ0) is 13.7. The van der Waals surface area contributed by atoms with E-state index in [1.165, 1.54) is 12.1 Å². The number of rotatable bonds is 6. The van der Waals surface area contributed by atoms with Crippen LogP contribution in [0, 0.1) is 5.92 Å². The van der Waals surface area contributed by atoms with Crippen molar-refractivity contribution in [1.82, 2.24) is 0 Å². The number of nitrogens with two attached hydrogens (primary N) is 1. The minimum Gasteiger partial charge on any atom is -0.491 e. The van der Waals surface area contributed by atoms with Gasteiger partial charge in [-0.25, -0.2) is 4.79 Å². The van der Waals surface area contributed by atoms with Gasteiger partial charge in [0.25, 0.3) is 0 Å². The van der Waals surface area contributed by atoms with Crippen LogP contribution in [0.3, 0.4) is 0 Å². The Morgan fingerprint density at radius 2 is 2.22 bits per heavy atom. The van der Waals surface area contributed by atoms with Crippen molar-refractivity contribution < 1.29 is 14.6 Å². The third kappa shape index (κ3) is 3.81. The lowest BCUT2D eigenvalue weighted by atomic mass is 10.1. The molecule has 0 heterocycles. The highest BCUT2D eigenvalue weighted by Gasteiger charge is 2.17. The molecular formula is C13H18ClNO3. The maximum atomic E-state index is 11.1. The van der Waals surface area contributed by atoms with Crippen LogP contribution in [0.1, 0.15) is 37.0 Å². The van der Waals surface area contributed by atoms with Crippen LogP contribution in [0.2, 0.25) is 5.02 Å². The minimum absolute atomic E-state index is 0.00342. The van der Waals surface area contributed by atoms with E-state index in [0.29, 0.717) is 18.2 Å². The highest BCUT2D eigenvalue weighted by molar-refractivity contribution is 6.33. The zero-order valence-electron chi connectivity index (χ0n) is 10.6. The van der Waals surface area contributed by atoms with Crippen LogP contribution in [0.5, 0.6) is 5.75 Å². The van der Waals surface area contributed by atoms with E-state index in [1.807, 2.05) is 0 Å². The first-order chi connectivity index (χ1) is 8.45. The summed E-state index contributed by atoms with van der Waals surface area (Å²) in [6, 6.07) is 2.85. The molecule has 5 heteroatoms. The number of benzene rings is 1. The molecular weight excluding hydrogens is 254 g/mol. The summed E-state index contributed by atoms with van der Waals surface area (Å²) in [5.74, 6) is -0.547. The van der Waals surface area contributed by atoms with Crippen LogP contribution in [0.25, 0.3) is 0 Å². The Bertz CT molecular complexity index is 434. The fraction of sp³-hybridized carbons (Fsp3) is 0.462. The van der Waals surface area contributed by atoms with E-state index < -0.39 is 5.97 Å². The quantitative estimate of drug-likeness (QED) is 0.778. The number of nitrogen functional groups attached to an aromatic ring is 1. The smallest absolute Gasteiger partial charge is 0.339 e. The molecule has 0 aliphatic carbocycles. The molecule has 1 rings (SSSR count). The highest BCUT2D eigenvalue weighted by Crippen LogP contribution is 2.32. The molecule has 0 saturated heterocycles. The summed E-state index contributed by atoms with van der Waals surface area (Å²) >= 11 is 5.97. The van der Waals surface area contributed by atoms with E-state index in [2.05, 4.69) is 13.8 Å². The molecule has 100 valence electrons. The molecule has 0 aliphatic heterocycles. The Morgan fingerprint density at radius 1 is 1.56 bits per heavy atom. The topological polar surface area (TPSA) is 72.5 Å². The molecule has 0 saturated carbocycles. The Kier molecular flexibility index (Phi) is 5.28. The Labute approximate surface area is 112 Å². The molecule has 0 aromatic heterocycles. The lowest BCUT2D eigenvalue weighted by molar-refractivity contribution is 0.0691. The first kappa shape index (κ1) is 14.6. The molecule has 0 bridgehead atoms. The Hall–Kier alpha value is -1.42. The second-order valence-electron chi connectivity index (χ2n) is 4.39. The zero-order valence-corrected chi connectivity index (χ0v) is 11.3. The van der Waals surface area contributed by atoms with Crippen LogP contribution >= 0.6 is 11.6 Å². The Balaban J connectivity index is 2.90. The van der Waals surface area contributed by atoms with Gasteiger partial charge in [-0.1, -0.05) is 31.9 Å². The molecule has 18 heavy (non-hydrogen) atoms. The van der Waals surface area contributed by atoms with E-state index in [9.17, 15) is 4.79 Å². The lowest BCUT2D eigenvalue weighted by Gasteiger charge is -2.15. The van der Waals surface area contributed by atoms with Gasteiger partial charge < -0.3 is 15.6 Å². The summed E-state index contributed by atoms with van der Waals surface area (Å²) in [5, 5.41) is 9.32. The summed E-state index contributed by atoms with van der Waals surface area (Å²) in [4.78, 5) is 11.1. The van der Waals surface area contributed by atoms with Gasteiger partial charge in [0, 0.05) is 5.69 Å². The maximum absolute atomic E-state index is 11.1. The molecule has 0 spiro atoms. The molecule has 1 aromatic carbocycles. The molecule has 0 radical (unpaired) electrons. The summed E-state index contributed by atoms with van der Waals surface area (Å²) in [7, 11) is 0. The van der Waals surface area contributed by atoms with Gasteiger partial charge in [0.15, 0.2) is 5.75 Å². The lowest BCUT2D eigenvalue weighted by Crippen LogP contribution is -2.11. The number of anilines is 1. The molecule has 0 aliphatic rings. The predicted octanol–water partition coefficient (Wildman–Crippen LogP) is 3.44. The number of carbonyl (C=O) groups is 1. The SMILES string of the molecule is CCCC(C)COc1c(Cl)cc(N)cc1C(=O)O. The molecule has 3 N–H and O–H groups in total. The van der Waals surface area contributed by atoms with E-state index in [0.717, 1.165) is 12.8 Å². The number of hydrogen-bond donors (Lipinski definition) is 2. The predicted molar refractivity (Wildman–Crippen MR) is 72.4 cm³/mol. The molecule has 1 aromatic rings. The fourth-order valence-electron chi connectivity index (χ4n) is 1.72. The average molecular weight is 272 g/mol. The molecule has 0 fully saturated rings. The van der Waals surface area contributed by atoms with Crippen molar-refractivity contribution in [2.45, 2.75) is 26.7 Å². The number of aromatic carboxylic acids is 1. The van der Waals surface area contributed by atoms with Gasteiger partial charge in [-0.2, -0.15) is 0 Å². The first-order valence-electron chi connectivity index (χ1n) is 5.90. The van der Waals surface area contributed by atoms with Crippen molar-refractivity contribution in [2.75, 3.05) is 12.3 Å². The van der Waals surface area contributed by atoms with Crippen LogP contribution in [0.15, 0.2) is 12.1 Å². The number of ether oxygens (including phenoxy) is 1. The van der Waals surface area contributed by atoms with E-state index >= 15 is 0 Å². The van der Waals surface area contributed by atoms with E-state index in [1.54, 1.807) is 0 Å².